The summed E-state index contributed by atoms with van der Waals surface area (Å²) in [4.78, 5) is 2.55. The highest BCUT2D eigenvalue weighted by Crippen LogP contribution is 2.36. The zero-order valence-electron chi connectivity index (χ0n) is 11.5. The van der Waals surface area contributed by atoms with Crippen molar-refractivity contribution in [1.82, 2.24) is 10.2 Å². The van der Waals surface area contributed by atoms with E-state index in [1.807, 2.05) is 0 Å². The largest absolute Gasteiger partial charge is 0.328 e. The SMILES string of the molecule is CC1(C)CCC(NCCN2CCC(N)CC2)C1. The number of nitrogens with two attached hydrogens (primary N) is 1. The Bertz CT molecular complexity index is 232. The topological polar surface area (TPSA) is 41.3 Å². The maximum Gasteiger partial charge on any atom is 0.0107 e. The van der Waals surface area contributed by atoms with Crippen molar-refractivity contribution in [3.8, 4) is 0 Å². The molecule has 0 amide bonds. The molecule has 3 nitrogen and oxygen atoms in total. The monoisotopic (exact) mass is 239 g/mol. The minimum absolute atomic E-state index is 0.454. The fraction of sp³-hybridized carbons (Fsp3) is 1.00. The fourth-order valence-electron chi connectivity index (χ4n) is 3.21. The molecular formula is C14H29N3. The van der Waals surface area contributed by atoms with E-state index in [-0.39, 0.29) is 0 Å². The van der Waals surface area contributed by atoms with Crippen molar-refractivity contribution < 1.29 is 0 Å². The molecule has 17 heavy (non-hydrogen) atoms. The lowest BCUT2D eigenvalue weighted by molar-refractivity contribution is 0.210. The lowest BCUT2D eigenvalue weighted by Gasteiger charge is -2.30. The quantitative estimate of drug-likeness (QED) is 0.782. The zero-order chi connectivity index (χ0) is 12.3. The molecule has 0 aromatic rings. The van der Waals surface area contributed by atoms with Gasteiger partial charge in [-0.2, -0.15) is 0 Å². The second kappa shape index (κ2) is 5.68. The van der Waals surface area contributed by atoms with Gasteiger partial charge in [-0.15, -0.1) is 0 Å². The Morgan fingerprint density at radius 1 is 1.24 bits per heavy atom. The van der Waals surface area contributed by atoms with E-state index in [4.69, 9.17) is 5.73 Å². The van der Waals surface area contributed by atoms with Crippen molar-refractivity contribution in [2.24, 2.45) is 11.1 Å². The van der Waals surface area contributed by atoms with Gasteiger partial charge in [-0.25, -0.2) is 0 Å². The first-order chi connectivity index (χ1) is 8.05. The summed E-state index contributed by atoms with van der Waals surface area (Å²) in [5, 5.41) is 3.72. The average molecular weight is 239 g/mol. The third-order valence-corrected chi connectivity index (χ3v) is 4.46. The van der Waals surface area contributed by atoms with E-state index in [0.717, 1.165) is 12.6 Å². The Hall–Kier alpha value is -0.120. The van der Waals surface area contributed by atoms with E-state index in [1.165, 1.54) is 51.7 Å². The van der Waals surface area contributed by atoms with Crippen LogP contribution in [0.5, 0.6) is 0 Å². The Balaban J connectivity index is 1.57. The van der Waals surface area contributed by atoms with Crippen LogP contribution in [0.15, 0.2) is 0 Å². The molecule has 0 spiro atoms. The van der Waals surface area contributed by atoms with Gasteiger partial charge >= 0.3 is 0 Å². The van der Waals surface area contributed by atoms with Crippen LogP contribution < -0.4 is 11.1 Å². The van der Waals surface area contributed by atoms with Crippen molar-refractivity contribution in [3.05, 3.63) is 0 Å². The molecule has 2 rings (SSSR count). The van der Waals surface area contributed by atoms with Crippen LogP contribution in [0, 0.1) is 5.41 Å². The minimum Gasteiger partial charge on any atom is -0.328 e. The number of likely N-dealkylation sites (tertiary alicyclic amines) is 1. The molecule has 1 saturated heterocycles. The molecule has 1 unspecified atom stereocenters. The predicted octanol–water partition coefficient (Wildman–Crippen LogP) is 1.58. The van der Waals surface area contributed by atoms with Crippen LogP contribution in [0.2, 0.25) is 0 Å². The number of nitrogens with zero attached hydrogens (tertiary/aromatic N) is 1. The Kier molecular flexibility index (Phi) is 4.45. The van der Waals surface area contributed by atoms with Gasteiger partial charge in [0.2, 0.25) is 0 Å². The van der Waals surface area contributed by atoms with Gasteiger partial charge in [0.15, 0.2) is 0 Å². The molecule has 100 valence electrons. The van der Waals surface area contributed by atoms with Gasteiger partial charge in [0.05, 0.1) is 0 Å². The Morgan fingerprint density at radius 2 is 1.94 bits per heavy atom. The zero-order valence-corrected chi connectivity index (χ0v) is 11.5. The molecule has 1 saturated carbocycles. The molecule has 3 N–H and O–H groups in total. The highest BCUT2D eigenvalue weighted by Gasteiger charge is 2.30. The fourth-order valence-corrected chi connectivity index (χ4v) is 3.21. The molecule has 1 aliphatic carbocycles. The van der Waals surface area contributed by atoms with Gasteiger partial charge in [0, 0.05) is 25.2 Å². The summed E-state index contributed by atoms with van der Waals surface area (Å²) in [6.07, 6.45) is 6.44. The third kappa shape index (κ3) is 4.23. The van der Waals surface area contributed by atoms with Crippen molar-refractivity contribution in [1.29, 1.82) is 0 Å². The number of hydrogen-bond donors (Lipinski definition) is 2. The van der Waals surface area contributed by atoms with Crippen LogP contribution >= 0.6 is 0 Å². The first-order valence-electron chi connectivity index (χ1n) is 7.26. The molecule has 0 bridgehead atoms. The highest BCUT2D eigenvalue weighted by atomic mass is 15.1. The molecule has 1 heterocycles. The second-order valence-corrected chi connectivity index (χ2v) is 6.74. The summed E-state index contributed by atoms with van der Waals surface area (Å²) >= 11 is 0. The van der Waals surface area contributed by atoms with Gasteiger partial charge < -0.3 is 16.0 Å². The van der Waals surface area contributed by atoms with Gasteiger partial charge in [-0.1, -0.05) is 13.8 Å². The summed E-state index contributed by atoms with van der Waals surface area (Å²) in [6, 6.07) is 1.21. The Morgan fingerprint density at radius 3 is 2.53 bits per heavy atom. The highest BCUT2D eigenvalue weighted by molar-refractivity contribution is 4.86. The molecule has 1 aliphatic heterocycles. The maximum absolute atomic E-state index is 5.91. The first-order valence-corrected chi connectivity index (χ1v) is 7.26. The molecular weight excluding hydrogens is 210 g/mol. The molecule has 3 heteroatoms. The summed E-state index contributed by atoms with van der Waals surface area (Å²) in [5.41, 5.74) is 6.48. The van der Waals surface area contributed by atoms with Crippen LogP contribution in [0.3, 0.4) is 0 Å². The van der Waals surface area contributed by atoms with Gasteiger partial charge in [-0.3, -0.25) is 0 Å². The maximum atomic E-state index is 5.91. The third-order valence-electron chi connectivity index (χ3n) is 4.46. The predicted molar refractivity (Wildman–Crippen MR) is 73.1 cm³/mol. The normalized spacial score (nSPS) is 30.9. The number of rotatable bonds is 4. The Labute approximate surface area is 106 Å². The van der Waals surface area contributed by atoms with Crippen molar-refractivity contribution in [3.63, 3.8) is 0 Å². The van der Waals surface area contributed by atoms with Gasteiger partial charge in [0.1, 0.15) is 0 Å². The first kappa shape index (κ1) is 13.3. The molecule has 2 aliphatic rings. The number of hydrogen-bond acceptors (Lipinski definition) is 3. The molecule has 2 fully saturated rings. The lowest BCUT2D eigenvalue weighted by Crippen LogP contribution is -2.43. The molecule has 1 atom stereocenters. The van der Waals surface area contributed by atoms with Crippen molar-refractivity contribution >= 4 is 0 Å². The molecule has 0 aromatic carbocycles. The van der Waals surface area contributed by atoms with Crippen LogP contribution in [0.25, 0.3) is 0 Å². The van der Waals surface area contributed by atoms with E-state index in [9.17, 15) is 0 Å². The van der Waals surface area contributed by atoms with E-state index >= 15 is 0 Å². The summed E-state index contributed by atoms with van der Waals surface area (Å²) in [7, 11) is 0. The summed E-state index contributed by atoms with van der Waals surface area (Å²) < 4.78 is 0. The second-order valence-electron chi connectivity index (χ2n) is 6.74. The van der Waals surface area contributed by atoms with Crippen LogP contribution in [0.1, 0.15) is 46.0 Å². The summed E-state index contributed by atoms with van der Waals surface area (Å²) in [6.45, 7) is 9.51. The van der Waals surface area contributed by atoms with Crippen molar-refractivity contribution in [2.45, 2.75) is 58.0 Å². The van der Waals surface area contributed by atoms with Gasteiger partial charge in [0.25, 0.3) is 0 Å². The van der Waals surface area contributed by atoms with Crippen LogP contribution in [-0.2, 0) is 0 Å². The van der Waals surface area contributed by atoms with Gasteiger partial charge in [-0.05, 0) is 50.6 Å². The van der Waals surface area contributed by atoms with E-state index < -0.39 is 0 Å². The smallest absolute Gasteiger partial charge is 0.0107 e. The van der Waals surface area contributed by atoms with Crippen LogP contribution in [0.4, 0.5) is 0 Å². The lowest BCUT2D eigenvalue weighted by atomic mass is 9.92. The number of nitrogens with one attached hydrogen (secondary N) is 1. The summed E-state index contributed by atoms with van der Waals surface area (Å²) in [5.74, 6) is 0. The van der Waals surface area contributed by atoms with E-state index in [2.05, 4.69) is 24.1 Å². The van der Waals surface area contributed by atoms with Crippen molar-refractivity contribution in [2.75, 3.05) is 26.2 Å². The van der Waals surface area contributed by atoms with E-state index in [1.54, 1.807) is 0 Å². The molecule has 0 radical (unpaired) electrons. The van der Waals surface area contributed by atoms with Crippen LogP contribution in [-0.4, -0.2) is 43.2 Å². The molecule has 0 aromatic heterocycles. The van der Waals surface area contributed by atoms with E-state index in [0.29, 0.717) is 11.5 Å². The minimum atomic E-state index is 0.454. The standard InChI is InChI=1S/C14H29N3/c1-14(2)6-3-13(11-14)16-7-10-17-8-4-12(15)5-9-17/h12-13,16H,3-11,15H2,1-2H3. The number of piperidine rings is 1. The average Bonchev–Trinajstić information content (AvgIpc) is 2.61.